The molecule has 0 aliphatic carbocycles. The summed E-state index contributed by atoms with van der Waals surface area (Å²) >= 11 is 0. The molecule has 2 atom stereocenters. The first kappa shape index (κ1) is 9.22. The van der Waals surface area contributed by atoms with Crippen molar-refractivity contribution < 1.29 is 9.47 Å². The van der Waals surface area contributed by atoms with Gasteiger partial charge in [0.25, 0.3) is 0 Å². The number of para-hydroxylation sites is 1. The maximum atomic E-state index is 5.99. The Morgan fingerprint density at radius 1 is 1.07 bits per heavy atom. The molecule has 2 unspecified atom stereocenters. The lowest BCUT2D eigenvalue weighted by Gasteiger charge is -2.29. The van der Waals surface area contributed by atoms with Crippen LogP contribution in [0.4, 0.5) is 0 Å². The van der Waals surface area contributed by atoms with Crippen molar-refractivity contribution in [2.45, 2.75) is 37.9 Å². The third-order valence-corrected chi connectivity index (χ3v) is 3.33. The molecule has 2 heteroatoms. The second-order valence-electron chi connectivity index (χ2n) is 4.35. The van der Waals surface area contributed by atoms with E-state index in [2.05, 4.69) is 18.2 Å². The van der Waals surface area contributed by atoms with E-state index in [9.17, 15) is 0 Å². The van der Waals surface area contributed by atoms with Crippen LogP contribution in [0.5, 0.6) is 5.75 Å². The Bertz CT molecular complexity index is 342. The van der Waals surface area contributed by atoms with Gasteiger partial charge in [-0.3, -0.25) is 0 Å². The quantitative estimate of drug-likeness (QED) is 0.700. The topological polar surface area (TPSA) is 18.5 Å². The van der Waals surface area contributed by atoms with Gasteiger partial charge in [0.15, 0.2) is 0 Å². The largest absolute Gasteiger partial charge is 0.487 e. The van der Waals surface area contributed by atoms with Crippen molar-refractivity contribution in [2.75, 3.05) is 6.61 Å². The first-order chi connectivity index (χ1) is 7.43. The number of fused-ring (bicyclic) bond motifs is 1. The second-order valence-corrected chi connectivity index (χ2v) is 4.35. The molecule has 1 aromatic carbocycles. The summed E-state index contributed by atoms with van der Waals surface area (Å²) in [5, 5.41) is 0. The molecule has 1 aromatic rings. The molecule has 1 saturated heterocycles. The maximum absolute atomic E-state index is 5.99. The second kappa shape index (κ2) is 3.86. The molecule has 15 heavy (non-hydrogen) atoms. The Balaban J connectivity index is 1.76. The Labute approximate surface area is 90.2 Å². The maximum Gasteiger partial charge on any atom is 0.125 e. The van der Waals surface area contributed by atoms with E-state index in [1.165, 1.54) is 12.0 Å². The third kappa shape index (κ3) is 1.74. The molecule has 0 spiro atoms. The van der Waals surface area contributed by atoms with Gasteiger partial charge in [0.2, 0.25) is 0 Å². The van der Waals surface area contributed by atoms with E-state index in [1.807, 2.05) is 6.07 Å². The van der Waals surface area contributed by atoms with E-state index >= 15 is 0 Å². The molecule has 2 heterocycles. The molecule has 0 saturated carbocycles. The number of rotatable bonds is 1. The van der Waals surface area contributed by atoms with Gasteiger partial charge in [-0.2, -0.15) is 0 Å². The highest BCUT2D eigenvalue weighted by atomic mass is 16.5. The van der Waals surface area contributed by atoms with Gasteiger partial charge >= 0.3 is 0 Å². The van der Waals surface area contributed by atoms with Gasteiger partial charge in [-0.05, 0) is 37.3 Å². The zero-order valence-corrected chi connectivity index (χ0v) is 8.82. The molecule has 80 valence electrons. The summed E-state index contributed by atoms with van der Waals surface area (Å²) in [6.07, 6.45) is 5.18. The summed E-state index contributed by atoms with van der Waals surface area (Å²) in [5.41, 5.74) is 1.34. The molecular formula is C13H16O2. The highest BCUT2D eigenvalue weighted by Crippen LogP contribution is 2.31. The van der Waals surface area contributed by atoms with Gasteiger partial charge in [0.05, 0.1) is 6.10 Å². The van der Waals surface area contributed by atoms with Crippen molar-refractivity contribution >= 4 is 0 Å². The van der Waals surface area contributed by atoms with Crippen molar-refractivity contribution in [3.8, 4) is 5.75 Å². The first-order valence-corrected chi connectivity index (χ1v) is 5.79. The molecule has 3 rings (SSSR count). The fraction of sp³-hybridized carbons (Fsp3) is 0.538. The Morgan fingerprint density at radius 2 is 2.00 bits per heavy atom. The smallest absolute Gasteiger partial charge is 0.125 e. The van der Waals surface area contributed by atoms with E-state index in [0.717, 1.165) is 31.6 Å². The number of aryl methyl sites for hydroxylation is 1. The Kier molecular flexibility index (Phi) is 2.37. The van der Waals surface area contributed by atoms with E-state index in [4.69, 9.17) is 9.47 Å². The zero-order valence-electron chi connectivity index (χ0n) is 8.82. The van der Waals surface area contributed by atoms with Crippen LogP contribution in [0.15, 0.2) is 24.3 Å². The van der Waals surface area contributed by atoms with Gasteiger partial charge in [-0.25, -0.2) is 0 Å². The minimum atomic E-state index is 0.280. The molecule has 2 aliphatic rings. The van der Waals surface area contributed by atoms with Gasteiger partial charge in [0, 0.05) is 6.61 Å². The summed E-state index contributed by atoms with van der Waals surface area (Å²) in [7, 11) is 0. The predicted molar refractivity (Wildman–Crippen MR) is 58.2 cm³/mol. The van der Waals surface area contributed by atoms with Crippen LogP contribution in [0.25, 0.3) is 0 Å². The van der Waals surface area contributed by atoms with Crippen molar-refractivity contribution in [3.63, 3.8) is 0 Å². The summed E-state index contributed by atoms with van der Waals surface area (Å²) in [6, 6.07) is 8.34. The van der Waals surface area contributed by atoms with Crippen LogP contribution in [-0.4, -0.2) is 18.8 Å². The molecule has 2 aliphatic heterocycles. The standard InChI is InChI=1S/C13H16O2/c1-2-5-11-10(4-1)7-8-13(15-11)12-6-3-9-14-12/h1-2,4-5,12-13H,3,6-9H2. The van der Waals surface area contributed by atoms with Gasteiger partial charge in [-0.15, -0.1) is 0 Å². The minimum absolute atomic E-state index is 0.280. The highest BCUT2D eigenvalue weighted by molar-refractivity contribution is 5.35. The SMILES string of the molecule is c1ccc2c(c1)CCC(C1CCCO1)O2. The fourth-order valence-corrected chi connectivity index (χ4v) is 2.50. The summed E-state index contributed by atoms with van der Waals surface area (Å²) in [6.45, 7) is 0.909. The zero-order chi connectivity index (χ0) is 10.1. The van der Waals surface area contributed by atoms with Crippen LogP contribution in [0.3, 0.4) is 0 Å². The number of hydrogen-bond acceptors (Lipinski definition) is 2. The fourth-order valence-electron chi connectivity index (χ4n) is 2.50. The molecule has 1 fully saturated rings. The highest BCUT2D eigenvalue weighted by Gasteiger charge is 2.30. The van der Waals surface area contributed by atoms with E-state index in [-0.39, 0.29) is 6.10 Å². The average molecular weight is 204 g/mol. The molecule has 2 nitrogen and oxygen atoms in total. The van der Waals surface area contributed by atoms with E-state index in [0.29, 0.717) is 6.10 Å². The first-order valence-electron chi connectivity index (χ1n) is 5.79. The van der Waals surface area contributed by atoms with Crippen molar-refractivity contribution in [1.29, 1.82) is 0 Å². The molecular weight excluding hydrogens is 188 g/mol. The lowest BCUT2D eigenvalue weighted by atomic mass is 9.98. The van der Waals surface area contributed by atoms with Crippen LogP contribution < -0.4 is 4.74 Å². The average Bonchev–Trinajstić information content (AvgIpc) is 2.82. The van der Waals surface area contributed by atoms with Crippen molar-refractivity contribution in [2.24, 2.45) is 0 Å². The van der Waals surface area contributed by atoms with Crippen LogP contribution in [0.1, 0.15) is 24.8 Å². The van der Waals surface area contributed by atoms with Crippen LogP contribution in [0, 0.1) is 0 Å². The molecule has 0 aromatic heterocycles. The van der Waals surface area contributed by atoms with E-state index < -0.39 is 0 Å². The summed E-state index contributed by atoms with van der Waals surface area (Å²) in [5.74, 6) is 1.06. The third-order valence-electron chi connectivity index (χ3n) is 3.33. The predicted octanol–water partition coefficient (Wildman–Crippen LogP) is 2.56. The van der Waals surface area contributed by atoms with Crippen molar-refractivity contribution in [1.82, 2.24) is 0 Å². The van der Waals surface area contributed by atoms with Crippen molar-refractivity contribution in [3.05, 3.63) is 29.8 Å². The van der Waals surface area contributed by atoms with Crippen LogP contribution in [-0.2, 0) is 11.2 Å². The summed E-state index contributed by atoms with van der Waals surface area (Å²) in [4.78, 5) is 0. The normalized spacial score (nSPS) is 29.6. The lowest BCUT2D eigenvalue weighted by molar-refractivity contribution is 0.00281. The Morgan fingerprint density at radius 3 is 2.87 bits per heavy atom. The number of ether oxygens (including phenoxy) is 2. The van der Waals surface area contributed by atoms with Gasteiger partial charge in [0.1, 0.15) is 11.9 Å². The number of hydrogen-bond donors (Lipinski definition) is 0. The monoisotopic (exact) mass is 204 g/mol. The number of benzene rings is 1. The van der Waals surface area contributed by atoms with Crippen LogP contribution in [0.2, 0.25) is 0 Å². The van der Waals surface area contributed by atoms with Gasteiger partial charge in [-0.1, -0.05) is 18.2 Å². The molecule has 0 amide bonds. The molecule has 0 N–H and O–H groups in total. The molecule has 0 bridgehead atoms. The minimum Gasteiger partial charge on any atom is -0.487 e. The van der Waals surface area contributed by atoms with Crippen LogP contribution >= 0.6 is 0 Å². The van der Waals surface area contributed by atoms with Gasteiger partial charge < -0.3 is 9.47 Å². The lowest BCUT2D eigenvalue weighted by Crippen LogP contribution is -2.34. The molecule has 0 radical (unpaired) electrons. The Hall–Kier alpha value is -1.02. The summed E-state index contributed by atoms with van der Waals surface area (Å²) < 4.78 is 11.7. The van der Waals surface area contributed by atoms with E-state index in [1.54, 1.807) is 0 Å².